The molecule has 0 atom stereocenters. The highest BCUT2D eigenvalue weighted by atomic mass is 16.5. The lowest BCUT2D eigenvalue weighted by Crippen LogP contribution is -2.36. The summed E-state index contributed by atoms with van der Waals surface area (Å²) in [6.45, 7) is 0. The molecule has 11 heteroatoms. The Balaban J connectivity index is 1.84. The monoisotopic (exact) mass is 369 g/mol. The smallest absolute Gasteiger partial charge is 0.332 e. The molecular weight excluding hydrogens is 354 g/mol. The first-order valence-electron chi connectivity index (χ1n) is 7.87. The molecule has 0 bridgehead atoms. The van der Waals surface area contributed by atoms with E-state index >= 15 is 0 Å². The van der Waals surface area contributed by atoms with Crippen LogP contribution in [0.3, 0.4) is 0 Å². The first kappa shape index (κ1) is 16.6. The van der Waals surface area contributed by atoms with Crippen molar-refractivity contribution < 1.29 is 9.84 Å². The van der Waals surface area contributed by atoms with Gasteiger partial charge in [0.15, 0.2) is 16.9 Å². The molecule has 0 aliphatic carbocycles. The Hall–Kier alpha value is -3.89. The number of fused-ring (bicyclic) bond motifs is 2. The van der Waals surface area contributed by atoms with Gasteiger partial charge >= 0.3 is 5.69 Å². The zero-order valence-corrected chi connectivity index (χ0v) is 14.6. The highest BCUT2D eigenvalue weighted by Gasteiger charge is 2.15. The summed E-state index contributed by atoms with van der Waals surface area (Å²) in [6, 6.07) is 5.19. The fourth-order valence-corrected chi connectivity index (χ4v) is 2.83. The molecule has 0 spiro atoms. The van der Waals surface area contributed by atoms with E-state index in [4.69, 9.17) is 4.74 Å². The summed E-state index contributed by atoms with van der Waals surface area (Å²) in [5, 5.41) is 18.7. The lowest BCUT2D eigenvalue weighted by Gasteiger charge is -2.00. The summed E-state index contributed by atoms with van der Waals surface area (Å²) in [5.74, 6) is 0.460. The normalized spacial score (nSPS) is 11.8. The summed E-state index contributed by atoms with van der Waals surface area (Å²) in [7, 11) is 4.42. The summed E-state index contributed by atoms with van der Waals surface area (Å²) < 4.78 is 7.39. The van der Waals surface area contributed by atoms with Crippen molar-refractivity contribution in [2.24, 2.45) is 24.3 Å². The molecule has 27 heavy (non-hydrogen) atoms. The molecular formula is C16H15N7O4. The van der Waals surface area contributed by atoms with Crippen LogP contribution in [0.25, 0.3) is 22.1 Å². The zero-order chi connectivity index (χ0) is 19.3. The van der Waals surface area contributed by atoms with Gasteiger partial charge in [-0.3, -0.25) is 13.9 Å². The fraction of sp³-hybridized carbons (Fsp3) is 0.188. The van der Waals surface area contributed by atoms with E-state index in [9.17, 15) is 14.7 Å². The molecule has 3 heterocycles. The van der Waals surface area contributed by atoms with Gasteiger partial charge in [-0.25, -0.2) is 4.79 Å². The van der Waals surface area contributed by atoms with Crippen LogP contribution in [0.1, 0.15) is 0 Å². The standard InChI is InChI=1S/C16H15N7O4/c1-22-12-11(14(25)23(2)16(22)26)18-15(19-12)21-20-10-8-6-7(27-3)4-5-9(8)17-13(10)24/h4-6,17,24H,1-3H3,(H,18,19). The van der Waals surface area contributed by atoms with Gasteiger partial charge in [-0.1, -0.05) is 0 Å². The molecule has 0 saturated heterocycles. The number of methoxy groups -OCH3 is 1. The molecule has 138 valence electrons. The Kier molecular flexibility index (Phi) is 3.58. The number of aryl methyl sites for hydroxylation is 1. The quantitative estimate of drug-likeness (QED) is 0.470. The van der Waals surface area contributed by atoms with Crippen molar-refractivity contribution in [1.82, 2.24) is 24.1 Å². The van der Waals surface area contributed by atoms with Gasteiger partial charge in [-0.05, 0) is 18.2 Å². The van der Waals surface area contributed by atoms with E-state index in [0.29, 0.717) is 16.7 Å². The minimum Gasteiger partial charge on any atom is -0.497 e. The molecule has 4 aromatic rings. The molecule has 0 amide bonds. The number of aromatic nitrogens is 5. The largest absolute Gasteiger partial charge is 0.497 e. The van der Waals surface area contributed by atoms with E-state index in [1.807, 2.05) is 0 Å². The molecule has 3 aromatic heterocycles. The molecule has 0 aliphatic heterocycles. The Morgan fingerprint density at radius 1 is 1.15 bits per heavy atom. The van der Waals surface area contributed by atoms with Crippen LogP contribution in [0.4, 0.5) is 11.6 Å². The number of nitrogens with one attached hydrogen (secondary N) is 2. The number of H-pyrrole nitrogens is 2. The number of aromatic hydroxyl groups is 1. The number of nitrogens with zero attached hydrogens (tertiary/aromatic N) is 5. The maximum absolute atomic E-state index is 12.2. The van der Waals surface area contributed by atoms with Crippen molar-refractivity contribution in [1.29, 1.82) is 0 Å². The molecule has 0 fully saturated rings. The first-order chi connectivity index (χ1) is 12.9. The van der Waals surface area contributed by atoms with Crippen molar-refractivity contribution in [3.8, 4) is 11.6 Å². The summed E-state index contributed by atoms with van der Waals surface area (Å²) >= 11 is 0. The van der Waals surface area contributed by atoms with Gasteiger partial charge in [0.25, 0.3) is 5.56 Å². The average Bonchev–Trinajstić information content (AvgIpc) is 3.23. The number of azo groups is 1. The van der Waals surface area contributed by atoms with Crippen LogP contribution in [0, 0.1) is 0 Å². The average molecular weight is 369 g/mol. The Morgan fingerprint density at radius 3 is 2.67 bits per heavy atom. The topological polar surface area (TPSA) is 143 Å². The van der Waals surface area contributed by atoms with Crippen molar-refractivity contribution in [3.05, 3.63) is 39.0 Å². The predicted molar refractivity (Wildman–Crippen MR) is 97.3 cm³/mol. The molecule has 0 unspecified atom stereocenters. The van der Waals surface area contributed by atoms with Crippen LogP contribution in [0.15, 0.2) is 38.0 Å². The number of hydrogen-bond donors (Lipinski definition) is 3. The third kappa shape index (κ3) is 2.47. The SMILES string of the molecule is COc1ccc2[nH]c(O)c(N=Nc3nc4c([nH]3)c(=O)n(C)c(=O)n4C)c2c1. The molecule has 3 N–H and O–H groups in total. The van der Waals surface area contributed by atoms with Crippen LogP contribution in [0.2, 0.25) is 0 Å². The highest BCUT2D eigenvalue weighted by molar-refractivity contribution is 5.95. The molecule has 1 aromatic carbocycles. The maximum Gasteiger partial charge on any atom is 0.332 e. The second-order valence-electron chi connectivity index (χ2n) is 5.90. The van der Waals surface area contributed by atoms with Crippen molar-refractivity contribution in [2.45, 2.75) is 0 Å². The highest BCUT2D eigenvalue weighted by Crippen LogP contribution is 2.37. The number of hydrogen-bond acceptors (Lipinski definition) is 7. The van der Waals surface area contributed by atoms with Gasteiger partial charge in [-0.2, -0.15) is 4.98 Å². The number of benzene rings is 1. The second-order valence-corrected chi connectivity index (χ2v) is 5.90. The third-order valence-corrected chi connectivity index (χ3v) is 4.29. The van der Waals surface area contributed by atoms with Crippen LogP contribution >= 0.6 is 0 Å². The second kappa shape index (κ2) is 5.83. The van der Waals surface area contributed by atoms with Gasteiger partial charge < -0.3 is 19.8 Å². The van der Waals surface area contributed by atoms with E-state index in [1.165, 1.54) is 25.8 Å². The summed E-state index contributed by atoms with van der Waals surface area (Å²) in [5.41, 5.74) is 0.153. The van der Waals surface area contributed by atoms with E-state index in [-0.39, 0.29) is 28.7 Å². The minimum absolute atomic E-state index is 0.0277. The Labute approximate surface area is 150 Å². The van der Waals surface area contributed by atoms with Gasteiger partial charge in [0, 0.05) is 19.5 Å². The van der Waals surface area contributed by atoms with Gasteiger partial charge in [0.05, 0.1) is 12.6 Å². The molecule has 0 radical (unpaired) electrons. The minimum atomic E-state index is -0.512. The van der Waals surface area contributed by atoms with Crippen molar-refractivity contribution in [3.63, 3.8) is 0 Å². The van der Waals surface area contributed by atoms with Crippen LogP contribution in [0.5, 0.6) is 11.6 Å². The van der Waals surface area contributed by atoms with E-state index in [2.05, 4.69) is 25.2 Å². The number of ether oxygens (including phenoxy) is 1. The van der Waals surface area contributed by atoms with Crippen molar-refractivity contribution >= 4 is 33.7 Å². The molecule has 4 rings (SSSR count). The molecule has 0 aliphatic rings. The molecule has 11 nitrogen and oxygen atoms in total. The summed E-state index contributed by atoms with van der Waals surface area (Å²) in [4.78, 5) is 33.8. The van der Waals surface area contributed by atoms with Crippen LogP contribution < -0.4 is 16.0 Å². The van der Waals surface area contributed by atoms with Gasteiger partial charge in [-0.15, -0.1) is 10.2 Å². The fourth-order valence-electron chi connectivity index (χ4n) is 2.83. The number of imidazole rings is 1. The lowest BCUT2D eigenvalue weighted by molar-refractivity contribution is 0.415. The van der Waals surface area contributed by atoms with E-state index < -0.39 is 11.2 Å². The van der Waals surface area contributed by atoms with Crippen LogP contribution in [-0.2, 0) is 14.1 Å². The van der Waals surface area contributed by atoms with Crippen LogP contribution in [-0.4, -0.2) is 36.3 Å². The third-order valence-electron chi connectivity index (χ3n) is 4.29. The van der Waals surface area contributed by atoms with Gasteiger partial charge in [0.2, 0.25) is 11.8 Å². The van der Waals surface area contributed by atoms with E-state index in [1.54, 1.807) is 18.2 Å². The number of aromatic amines is 2. The van der Waals surface area contributed by atoms with E-state index in [0.717, 1.165) is 4.57 Å². The van der Waals surface area contributed by atoms with Crippen molar-refractivity contribution in [2.75, 3.05) is 7.11 Å². The molecule has 0 saturated carbocycles. The first-order valence-corrected chi connectivity index (χ1v) is 7.87. The Bertz CT molecular complexity index is 1340. The van der Waals surface area contributed by atoms with Gasteiger partial charge in [0.1, 0.15) is 5.75 Å². The predicted octanol–water partition coefficient (Wildman–Crippen LogP) is 1.57. The maximum atomic E-state index is 12.2. The Morgan fingerprint density at radius 2 is 1.93 bits per heavy atom. The lowest BCUT2D eigenvalue weighted by atomic mass is 10.2. The summed E-state index contributed by atoms with van der Waals surface area (Å²) in [6.07, 6.45) is 0. The zero-order valence-electron chi connectivity index (χ0n) is 14.6. The number of rotatable bonds is 3.